The Balaban J connectivity index is 1.98. The Labute approximate surface area is 142 Å². The van der Waals surface area contributed by atoms with Gasteiger partial charge in [-0.25, -0.2) is 22.0 Å². The molecule has 1 aromatic carbocycles. The zero-order valence-electron chi connectivity index (χ0n) is 13.2. The molecule has 1 aliphatic rings. The lowest BCUT2D eigenvalue weighted by Crippen LogP contribution is -2.33. The van der Waals surface area contributed by atoms with Crippen molar-refractivity contribution in [2.45, 2.75) is 37.2 Å². The van der Waals surface area contributed by atoms with Gasteiger partial charge >= 0.3 is 5.97 Å². The Morgan fingerprint density at radius 2 is 2.00 bits per heavy atom. The van der Waals surface area contributed by atoms with E-state index in [9.17, 15) is 22.0 Å². The van der Waals surface area contributed by atoms with Crippen LogP contribution in [-0.2, 0) is 16.6 Å². The Bertz CT molecular complexity index is 934. The van der Waals surface area contributed by atoms with Crippen molar-refractivity contribution in [2.75, 3.05) is 0 Å². The highest BCUT2D eigenvalue weighted by Gasteiger charge is 2.40. The summed E-state index contributed by atoms with van der Waals surface area (Å²) in [5.74, 6) is -3.51. The molecule has 6 nitrogen and oxygen atoms in total. The molecular weight excluding hydrogens is 356 g/mol. The van der Waals surface area contributed by atoms with E-state index in [-0.39, 0.29) is 28.8 Å². The van der Waals surface area contributed by atoms with Crippen LogP contribution in [0.3, 0.4) is 0 Å². The van der Waals surface area contributed by atoms with Gasteiger partial charge in [0, 0.05) is 30.3 Å². The van der Waals surface area contributed by atoms with Crippen molar-refractivity contribution in [1.29, 1.82) is 0 Å². The number of hydrogen-bond donors (Lipinski definition) is 1. The molecule has 3 rings (SSSR count). The molecular formula is C16H15F2NO5S. The van der Waals surface area contributed by atoms with E-state index in [1.54, 1.807) is 0 Å². The summed E-state index contributed by atoms with van der Waals surface area (Å²) in [5.41, 5.74) is 0.0384. The Morgan fingerprint density at radius 3 is 2.52 bits per heavy atom. The fourth-order valence-electron chi connectivity index (χ4n) is 2.54. The second kappa shape index (κ2) is 6.23. The Kier molecular flexibility index (Phi) is 4.38. The molecule has 0 spiro atoms. The van der Waals surface area contributed by atoms with Gasteiger partial charge in [-0.15, -0.1) is 0 Å². The van der Waals surface area contributed by atoms with Gasteiger partial charge in [-0.05, 0) is 25.8 Å². The van der Waals surface area contributed by atoms with E-state index in [2.05, 4.69) is 0 Å². The number of benzene rings is 1. The molecule has 1 aliphatic carbocycles. The van der Waals surface area contributed by atoms with Crippen LogP contribution in [0.5, 0.6) is 0 Å². The van der Waals surface area contributed by atoms with E-state index in [0.717, 1.165) is 16.4 Å². The Hall–Kier alpha value is -2.26. The fraction of sp³-hybridized carbons (Fsp3) is 0.312. The molecule has 2 aromatic rings. The third-order valence-electron chi connectivity index (χ3n) is 3.97. The molecule has 0 amide bonds. The minimum Gasteiger partial charge on any atom is -0.475 e. The molecule has 134 valence electrons. The number of carbonyl (C=O) groups is 1. The maximum atomic E-state index is 13.9. The van der Waals surface area contributed by atoms with E-state index in [4.69, 9.17) is 9.52 Å². The van der Waals surface area contributed by atoms with Crippen LogP contribution in [0.25, 0.3) is 0 Å². The fourth-order valence-corrected chi connectivity index (χ4v) is 4.37. The van der Waals surface area contributed by atoms with Crippen LogP contribution in [0.1, 0.15) is 34.7 Å². The smallest absolute Gasteiger partial charge is 0.371 e. The molecule has 9 heteroatoms. The molecule has 0 radical (unpaired) electrons. The van der Waals surface area contributed by atoms with Crippen LogP contribution in [0.15, 0.2) is 33.6 Å². The van der Waals surface area contributed by atoms with Gasteiger partial charge in [0.2, 0.25) is 15.8 Å². The maximum Gasteiger partial charge on any atom is 0.371 e. The van der Waals surface area contributed by atoms with Crippen molar-refractivity contribution in [1.82, 2.24) is 4.31 Å². The zero-order chi connectivity index (χ0) is 18.4. The van der Waals surface area contributed by atoms with E-state index >= 15 is 0 Å². The molecule has 1 aromatic heterocycles. The van der Waals surface area contributed by atoms with Crippen molar-refractivity contribution in [3.63, 3.8) is 0 Å². The van der Waals surface area contributed by atoms with Crippen molar-refractivity contribution < 1.29 is 31.5 Å². The van der Waals surface area contributed by atoms with Gasteiger partial charge < -0.3 is 9.52 Å². The van der Waals surface area contributed by atoms with Crippen LogP contribution < -0.4 is 0 Å². The van der Waals surface area contributed by atoms with Gasteiger partial charge in [-0.3, -0.25) is 0 Å². The second-order valence-corrected chi connectivity index (χ2v) is 7.71. The van der Waals surface area contributed by atoms with Crippen LogP contribution >= 0.6 is 0 Å². The lowest BCUT2D eigenvalue weighted by molar-refractivity contribution is 0.0661. The number of carboxylic acid groups (broad SMARTS) is 1. The summed E-state index contributed by atoms with van der Waals surface area (Å²) in [6, 6.07) is 3.58. The lowest BCUT2D eigenvalue weighted by atomic mass is 10.2. The first-order chi connectivity index (χ1) is 11.7. The predicted molar refractivity (Wildman–Crippen MR) is 82.5 cm³/mol. The molecule has 0 saturated heterocycles. The van der Waals surface area contributed by atoms with Crippen molar-refractivity contribution in [3.05, 3.63) is 53.0 Å². The highest BCUT2D eigenvalue weighted by Crippen LogP contribution is 2.35. The third kappa shape index (κ3) is 3.42. The van der Waals surface area contributed by atoms with Crippen LogP contribution in [0, 0.1) is 18.6 Å². The molecule has 0 bridgehead atoms. The molecule has 0 atom stereocenters. The summed E-state index contributed by atoms with van der Waals surface area (Å²) >= 11 is 0. The van der Waals surface area contributed by atoms with Gasteiger partial charge in [0.25, 0.3) is 0 Å². The first-order valence-electron chi connectivity index (χ1n) is 7.49. The summed E-state index contributed by atoms with van der Waals surface area (Å²) in [6.45, 7) is 1.08. The number of nitrogens with zero attached hydrogens (tertiary/aromatic N) is 1. The normalized spacial score (nSPS) is 14.9. The van der Waals surface area contributed by atoms with Gasteiger partial charge in [0.1, 0.15) is 22.3 Å². The largest absolute Gasteiger partial charge is 0.475 e. The highest BCUT2D eigenvalue weighted by molar-refractivity contribution is 7.89. The second-order valence-electron chi connectivity index (χ2n) is 5.85. The number of carboxylic acids is 1. The molecule has 1 fully saturated rings. The Morgan fingerprint density at radius 1 is 1.32 bits per heavy atom. The molecule has 1 heterocycles. The first kappa shape index (κ1) is 17.6. The number of sulfonamides is 1. The summed E-state index contributed by atoms with van der Waals surface area (Å²) in [4.78, 5) is 10.7. The van der Waals surface area contributed by atoms with Crippen LogP contribution in [0.2, 0.25) is 0 Å². The SMILES string of the molecule is Cc1oc(C(=O)O)cc1S(=O)(=O)N(Cc1ccc(F)cc1F)C1CC1. The molecule has 25 heavy (non-hydrogen) atoms. The van der Waals surface area contributed by atoms with Gasteiger partial charge in [0.15, 0.2) is 0 Å². The monoisotopic (exact) mass is 371 g/mol. The number of furan rings is 1. The van der Waals surface area contributed by atoms with E-state index in [0.29, 0.717) is 18.9 Å². The predicted octanol–water partition coefficient (Wildman–Crippen LogP) is 2.92. The van der Waals surface area contributed by atoms with Gasteiger partial charge in [-0.2, -0.15) is 4.31 Å². The number of rotatable bonds is 6. The van der Waals surface area contributed by atoms with E-state index < -0.39 is 33.4 Å². The number of hydrogen-bond acceptors (Lipinski definition) is 4. The summed E-state index contributed by atoms with van der Waals surface area (Å²) in [5, 5.41) is 8.96. The van der Waals surface area contributed by atoms with Crippen molar-refractivity contribution in [2.24, 2.45) is 0 Å². The van der Waals surface area contributed by atoms with Crippen LogP contribution in [-0.4, -0.2) is 29.8 Å². The standard InChI is InChI=1S/C16H15F2NO5S/c1-9-15(7-14(24-9)16(20)21)25(22,23)19(12-4-5-12)8-10-2-3-11(17)6-13(10)18/h2-3,6-7,12H,4-5,8H2,1H3,(H,20,21). The van der Waals surface area contributed by atoms with Crippen molar-refractivity contribution >= 4 is 16.0 Å². The average Bonchev–Trinajstić information content (AvgIpc) is 3.26. The topological polar surface area (TPSA) is 87.8 Å². The summed E-state index contributed by atoms with van der Waals surface area (Å²) < 4.78 is 58.9. The van der Waals surface area contributed by atoms with Gasteiger partial charge in [0.05, 0.1) is 0 Å². The first-order valence-corrected chi connectivity index (χ1v) is 8.93. The number of aryl methyl sites for hydroxylation is 1. The molecule has 1 saturated carbocycles. The quantitative estimate of drug-likeness (QED) is 0.844. The minimum atomic E-state index is -4.09. The summed E-state index contributed by atoms with van der Waals surface area (Å²) in [7, 11) is -4.09. The highest BCUT2D eigenvalue weighted by atomic mass is 32.2. The zero-order valence-corrected chi connectivity index (χ0v) is 14.0. The summed E-state index contributed by atoms with van der Waals surface area (Å²) in [6.07, 6.45) is 1.23. The van der Waals surface area contributed by atoms with E-state index in [1.807, 2.05) is 0 Å². The lowest BCUT2D eigenvalue weighted by Gasteiger charge is -2.21. The van der Waals surface area contributed by atoms with Gasteiger partial charge in [-0.1, -0.05) is 6.07 Å². The average molecular weight is 371 g/mol. The molecule has 1 N–H and O–H groups in total. The van der Waals surface area contributed by atoms with Crippen LogP contribution in [0.4, 0.5) is 8.78 Å². The molecule has 0 aliphatic heterocycles. The van der Waals surface area contributed by atoms with Crippen molar-refractivity contribution in [3.8, 4) is 0 Å². The third-order valence-corrected chi connectivity index (χ3v) is 5.97. The minimum absolute atomic E-state index is 0.0384. The van der Waals surface area contributed by atoms with E-state index in [1.165, 1.54) is 13.0 Å². The number of aromatic carboxylic acids is 1. The molecule has 0 unspecified atom stereocenters. The number of halogens is 2. The maximum absolute atomic E-state index is 13.9.